The largest absolute Gasteiger partial charge is 0.399 e. The smallest absolute Gasteiger partial charge is 0.370 e. The molecule has 2 aromatic rings. The highest BCUT2D eigenvalue weighted by Gasteiger charge is 2.53. The fourth-order valence-corrected chi connectivity index (χ4v) is 4.89. The maximum atomic E-state index is 15.0. The van der Waals surface area contributed by atoms with E-state index in [1.165, 1.54) is 20.2 Å². The van der Waals surface area contributed by atoms with Crippen molar-refractivity contribution in [1.29, 1.82) is 0 Å². The van der Waals surface area contributed by atoms with E-state index in [1.807, 2.05) is 0 Å². The van der Waals surface area contributed by atoms with Crippen molar-refractivity contribution in [2.24, 2.45) is 10.7 Å². The highest BCUT2D eigenvalue weighted by molar-refractivity contribution is 7.55. The minimum absolute atomic E-state index is 0.137. The summed E-state index contributed by atoms with van der Waals surface area (Å²) in [7, 11) is -4.63. The molecule has 1 aromatic carbocycles. The number of imidazole rings is 1. The van der Waals surface area contributed by atoms with Crippen molar-refractivity contribution in [2.75, 3.05) is 18.5 Å². The van der Waals surface area contributed by atoms with Crippen LogP contribution in [0, 0.1) is 0 Å². The number of nitrogens with one attached hydrogen (secondary N) is 1. The second-order valence-corrected chi connectivity index (χ2v) is 9.10. The first-order valence-electron chi connectivity index (χ1n) is 9.34. The average molecular weight is 462 g/mol. The van der Waals surface area contributed by atoms with E-state index in [0.29, 0.717) is 22.6 Å². The van der Waals surface area contributed by atoms with Crippen LogP contribution in [-0.4, -0.2) is 34.4 Å². The van der Waals surface area contributed by atoms with Gasteiger partial charge >= 0.3 is 13.3 Å². The molecule has 1 unspecified atom stereocenters. The van der Waals surface area contributed by atoms with Crippen LogP contribution in [0.25, 0.3) is 0 Å². The lowest BCUT2D eigenvalue weighted by Crippen LogP contribution is -2.28. The van der Waals surface area contributed by atoms with E-state index in [4.69, 9.17) is 26.4 Å². The summed E-state index contributed by atoms with van der Waals surface area (Å²) in [5, 5.41) is 2.90. The number of alkyl halides is 3. The molecule has 0 saturated carbocycles. The molecule has 1 atom stereocenters. The Morgan fingerprint density at radius 1 is 1.27 bits per heavy atom. The number of hydrogen-bond donors (Lipinski definition) is 2. The van der Waals surface area contributed by atoms with Gasteiger partial charge in [-0.15, -0.1) is 0 Å². The molecule has 2 heterocycles. The molecular weight excluding hydrogens is 439 g/mol. The van der Waals surface area contributed by atoms with Gasteiger partial charge in [0.1, 0.15) is 11.5 Å². The van der Waals surface area contributed by atoms with Crippen LogP contribution in [-0.2, 0) is 26.6 Å². The van der Waals surface area contributed by atoms with Gasteiger partial charge in [0.25, 0.3) is 0 Å². The molecule has 8 nitrogen and oxygen atoms in total. The summed E-state index contributed by atoms with van der Waals surface area (Å²) in [6.45, 7) is 2.90. The second-order valence-electron chi connectivity index (χ2n) is 6.53. The average Bonchev–Trinajstić information content (AvgIpc) is 3.06. The van der Waals surface area contributed by atoms with Gasteiger partial charge in [0.2, 0.25) is 0 Å². The van der Waals surface area contributed by atoms with Gasteiger partial charge in [0, 0.05) is 6.42 Å². The molecule has 0 spiro atoms. The van der Waals surface area contributed by atoms with E-state index in [1.54, 1.807) is 28.8 Å². The van der Waals surface area contributed by atoms with Crippen LogP contribution in [0.4, 0.5) is 14.6 Å². The number of nitrogens with zero attached hydrogens (tertiary/aromatic N) is 3. The zero-order valence-corrected chi connectivity index (χ0v) is 18.2. The molecule has 12 heteroatoms. The van der Waals surface area contributed by atoms with E-state index in [-0.39, 0.29) is 25.7 Å². The van der Waals surface area contributed by atoms with Crippen LogP contribution in [0.3, 0.4) is 0 Å². The summed E-state index contributed by atoms with van der Waals surface area (Å²) in [4.78, 5) is 8.22. The third-order valence-electron chi connectivity index (χ3n) is 4.45. The first kappa shape index (κ1) is 22.7. The number of fused-ring (bicyclic) bond motifs is 1. The highest BCUT2D eigenvalue weighted by Crippen LogP contribution is 2.63. The van der Waals surface area contributed by atoms with Crippen molar-refractivity contribution in [1.82, 2.24) is 9.55 Å². The van der Waals surface area contributed by atoms with Crippen molar-refractivity contribution in [3.8, 4) is 0 Å². The molecule has 1 aliphatic rings. The Morgan fingerprint density at radius 2 is 1.90 bits per heavy atom. The maximum absolute atomic E-state index is 15.0. The van der Waals surface area contributed by atoms with Crippen LogP contribution >= 0.6 is 19.2 Å². The summed E-state index contributed by atoms with van der Waals surface area (Å²) in [6.07, 6.45) is 0.730. The van der Waals surface area contributed by atoms with Crippen molar-refractivity contribution < 1.29 is 22.4 Å². The first-order chi connectivity index (χ1) is 14.2. The molecule has 164 valence electrons. The number of aromatic nitrogens is 2. The monoisotopic (exact) mass is 461 g/mol. The normalized spacial score (nSPS) is 16.7. The topological polar surface area (TPSA) is 104 Å². The fourth-order valence-electron chi connectivity index (χ4n) is 3.12. The SMILES string of the molecule is CCOP(=O)(OCC)C(F)(F)Cc1ccccc1Cn1cnc2c1NC(N)=NC2Cl. The number of aliphatic imine (C=N–C) groups is 1. The van der Waals surface area contributed by atoms with Gasteiger partial charge in [-0.05, 0) is 25.0 Å². The van der Waals surface area contributed by atoms with Gasteiger partial charge in [-0.25, -0.2) is 9.98 Å². The van der Waals surface area contributed by atoms with Crippen molar-refractivity contribution in [2.45, 2.75) is 38.0 Å². The molecule has 0 amide bonds. The number of guanidine groups is 1. The van der Waals surface area contributed by atoms with Gasteiger partial charge in [-0.3, -0.25) is 4.57 Å². The second kappa shape index (κ2) is 9.01. The van der Waals surface area contributed by atoms with Crippen LogP contribution in [0.2, 0.25) is 0 Å². The summed E-state index contributed by atoms with van der Waals surface area (Å²) < 4.78 is 54.1. The highest BCUT2D eigenvalue weighted by atomic mass is 35.5. The van der Waals surface area contributed by atoms with Crippen LogP contribution in [0.15, 0.2) is 35.6 Å². The Labute approximate surface area is 178 Å². The van der Waals surface area contributed by atoms with Crippen LogP contribution < -0.4 is 11.1 Å². The standard InChI is InChI=1S/C18H23ClF2N5O3P/c1-3-28-30(27,29-4-2)18(20,21)9-12-7-5-6-8-13(12)10-26-11-23-14-15(19)24-17(22)25-16(14)26/h5-8,11,15H,3-4,9-10H2,1-2H3,(H3,22,24,25). The summed E-state index contributed by atoms with van der Waals surface area (Å²) >= 11 is 6.14. The van der Waals surface area contributed by atoms with Crippen LogP contribution in [0.1, 0.15) is 36.2 Å². The molecule has 0 aliphatic carbocycles. The first-order valence-corrected chi connectivity index (χ1v) is 11.3. The molecule has 3 N–H and O–H groups in total. The maximum Gasteiger partial charge on any atom is 0.399 e. The molecule has 0 radical (unpaired) electrons. The summed E-state index contributed by atoms with van der Waals surface area (Å²) in [5.74, 6) is 0.678. The molecule has 30 heavy (non-hydrogen) atoms. The lowest BCUT2D eigenvalue weighted by molar-refractivity contribution is 0.0391. The quantitative estimate of drug-likeness (QED) is 0.327. The molecule has 0 fully saturated rings. The summed E-state index contributed by atoms with van der Waals surface area (Å²) in [5.41, 5.74) is 2.70. The van der Waals surface area contributed by atoms with Crippen molar-refractivity contribution >= 4 is 31.0 Å². The molecule has 0 saturated heterocycles. The number of benzene rings is 1. The van der Waals surface area contributed by atoms with Gasteiger partial charge in [0.15, 0.2) is 11.5 Å². The lowest BCUT2D eigenvalue weighted by atomic mass is 10.0. The predicted octanol–water partition coefficient (Wildman–Crippen LogP) is 4.31. The van der Waals surface area contributed by atoms with Gasteiger partial charge < -0.3 is 24.7 Å². The van der Waals surface area contributed by atoms with E-state index in [9.17, 15) is 13.3 Å². The molecular formula is C18H23ClF2N5O3P. The zero-order chi connectivity index (χ0) is 21.9. The Balaban J connectivity index is 1.89. The van der Waals surface area contributed by atoms with E-state index >= 15 is 0 Å². The number of hydrogen-bond acceptors (Lipinski definition) is 7. The Kier molecular flexibility index (Phi) is 6.81. The number of rotatable bonds is 9. The van der Waals surface area contributed by atoms with Gasteiger partial charge in [-0.2, -0.15) is 8.78 Å². The van der Waals surface area contributed by atoms with Crippen molar-refractivity contribution in [3.05, 3.63) is 47.4 Å². The third kappa shape index (κ3) is 4.51. The molecule has 1 aromatic heterocycles. The van der Waals surface area contributed by atoms with Gasteiger partial charge in [-0.1, -0.05) is 35.9 Å². The Morgan fingerprint density at radius 3 is 2.53 bits per heavy atom. The van der Waals surface area contributed by atoms with Crippen molar-refractivity contribution in [3.63, 3.8) is 0 Å². The van der Waals surface area contributed by atoms with E-state index in [0.717, 1.165) is 0 Å². The third-order valence-corrected chi connectivity index (χ3v) is 6.91. The summed E-state index contributed by atoms with van der Waals surface area (Å²) in [6, 6.07) is 6.64. The molecule has 0 bridgehead atoms. The minimum atomic E-state index is -4.63. The van der Waals surface area contributed by atoms with E-state index in [2.05, 4.69) is 15.3 Å². The van der Waals surface area contributed by atoms with Crippen LogP contribution in [0.5, 0.6) is 0 Å². The molecule has 1 aliphatic heterocycles. The number of nitrogens with two attached hydrogens (primary N) is 1. The van der Waals surface area contributed by atoms with Gasteiger partial charge in [0.05, 0.1) is 26.1 Å². The lowest BCUT2D eigenvalue weighted by Gasteiger charge is -2.26. The number of halogens is 3. The number of anilines is 1. The molecule has 3 rings (SSSR count). The predicted molar refractivity (Wildman–Crippen MR) is 111 cm³/mol. The Bertz CT molecular complexity index is 974. The minimum Gasteiger partial charge on any atom is -0.370 e. The van der Waals surface area contributed by atoms with E-state index < -0.39 is 25.2 Å². The zero-order valence-electron chi connectivity index (χ0n) is 16.5. The Hall–Kier alpha value is -2.00. The fraction of sp³-hybridized carbons (Fsp3) is 0.444.